The minimum Gasteiger partial charge on any atom is -0.468 e. The predicted octanol–water partition coefficient (Wildman–Crippen LogP) is 3.97. The van der Waals surface area contributed by atoms with Gasteiger partial charge in [-0.15, -0.1) is 0 Å². The van der Waals surface area contributed by atoms with Crippen molar-refractivity contribution < 1.29 is 23.2 Å². The van der Waals surface area contributed by atoms with Gasteiger partial charge in [-0.25, -0.2) is 4.98 Å². The molecule has 2 amide bonds. The van der Waals surface area contributed by atoms with Gasteiger partial charge in [-0.1, -0.05) is 6.07 Å². The maximum Gasteiger partial charge on any atom is 0.255 e. The number of anilines is 1. The smallest absolute Gasteiger partial charge is 0.255 e. The molecule has 0 spiro atoms. The zero-order valence-corrected chi connectivity index (χ0v) is 20.6. The minimum absolute atomic E-state index is 0.0191. The van der Waals surface area contributed by atoms with Crippen molar-refractivity contribution in [2.75, 3.05) is 25.5 Å². The average Bonchev–Trinajstić information content (AvgIpc) is 3.47. The van der Waals surface area contributed by atoms with Gasteiger partial charge in [-0.05, 0) is 58.0 Å². The Hall–Kier alpha value is -3.72. The average molecular weight is 491 g/mol. The van der Waals surface area contributed by atoms with E-state index in [1.54, 1.807) is 6.92 Å². The molecule has 0 saturated carbocycles. The SMILES string of the molecule is Cc1oc(-c2cccc(NC(=O)[C@H]3CCCN(C)C3)c2)nc1CNC(=O)c1coc2c1C(=O)CCC2. The molecule has 1 saturated heterocycles. The van der Waals surface area contributed by atoms with Crippen LogP contribution in [0.3, 0.4) is 0 Å². The number of oxazole rings is 1. The van der Waals surface area contributed by atoms with Crippen LogP contribution < -0.4 is 10.6 Å². The second kappa shape index (κ2) is 10.1. The fourth-order valence-corrected chi connectivity index (χ4v) is 4.92. The first-order valence-corrected chi connectivity index (χ1v) is 12.4. The summed E-state index contributed by atoms with van der Waals surface area (Å²) in [6, 6.07) is 7.39. The highest BCUT2D eigenvalue weighted by atomic mass is 16.4. The summed E-state index contributed by atoms with van der Waals surface area (Å²) in [5, 5.41) is 5.84. The number of nitrogens with one attached hydrogen (secondary N) is 2. The van der Waals surface area contributed by atoms with Crippen molar-refractivity contribution in [3.63, 3.8) is 0 Å². The molecule has 0 radical (unpaired) electrons. The van der Waals surface area contributed by atoms with Gasteiger partial charge in [0.15, 0.2) is 5.78 Å². The Bertz CT molecular complexity index is 1310. The number of fused-ring (bicyclic) bond motifs is 1. The number of Topliss-reactive ketones (excluding diaryl/α,β-unsaturated/α-hetero) is 1. The fraction of sp³-hybridized carbons (Fsp3) is 0.407. The van der Waals surface area contributed by atoms with Crippen molar-refractivity contribution in [2.45, 2.75) is 45.6 Å². The Balaban J connectivity index is 1.25. The molecule has 2 aliphatic rings. The van der Waals surface area contributed by atoms with Gasteiger partial charge in [0.2, 0.25) is 11.8 Å². The summed E-state index contributed by atoms with van der Waals surface area (Å²) < 4.78 is 11.3. The first kappa shape index (κ1) is 24.0. The molecule has 1 atom stereocenters. The number of ketones is 1. The first-order chi connectivity index (χ1) is 17.4. The molecular weight excluding hydrogens is 460 g/mol. The number of rotatable bonds is 6. The van der Waals surface area contributed by atoms with Crippen molar-refractivity contribution in [2.24, 2.45) is 5.92 Å². The fourth-order valence-electron chi connectivity index (χ4n) is 4.92. The number of amides is 2. The van der Waals surface area contributed by atoms with E-state index in [9.17, 15) is 14.4 Å². The molecule has 1 aromatic carbocycles. The molecular formula is C27H30N4O5. The number of furan rings is 1. The molecule has 9 heteroatoms. The quantitative estimate of drug-likeness (QED) is 0.537. The Labute approximate surface area is 209 Å². The van der Waals surface area contributed by atoms with Gasteiger partial charge >= 0.3 is 0 Å². The van der Waals surface area contributed by atoms with E-state index < -0.39 is 0 Å². The summed E-state index contributed by atoms with van der Waals surface area (Å²) in [5.41, 5.74) is 2.66. The van der Waals surface area contributed by atoms with Gasteiger partial charge in [0.25, 0.3) is 5.91 Å². The van der Waals surface area contributed by atoms with Crippen LogP contribution in [-0.2, 0) is 17.8 Å². The van der Waals surface area contributed by atoms with E-state index in [0.29, 0.717) is 47.2 Å². The molecule has 0 bridgehead atoms. The second-order valence-corrected chi connectivity index (χ2v) is 9.60. The molecule has 3 heterocycles. The minimum atomic E-state index is -0.378. The summed E-state index contributed by atoms with van der Waals surface area (Å²) in [5.74, 6) is 1.12. The number of hydrogen-bond donors (Lipinski definition) is 2. The summed E-state index contributed by atoms with van der Waals surface area (Å²) in [7, 11) is 2.04. The zero-order valence-electron chi connectivity index (χ0n) is 20.6. The third kappa shape index (κ3) is 4.97. The second-order valence-electron chi connectivity index (χ2n) is 9.60. The van der Waals surface area contributed by atoms with Gasteiger partial charge in [-0.2, -0.15) is 0 Å². The third-order valence-corrected chi connectivity index (χ3v) is 6.88. The number of nitrogens with zero attached hydrogens (tertiary/aromatic N) is 2. The lowest BCUT2D eigenvalue weighted by molar-refractivity contribution is -0.121. The van der Waals surface area contributed by atoms with Gasteiger partial charge < -0.3 is 24.4 Å². The maximum absolute atomic E-state index is 12.8. The van der Waals surface area contributed by atoms with Gasteiger partial charge in [-0.3, -0.25) is 14.4 Å². The van der Waals surface area contributed by atoms with Crippen molar-refractivity contribution >= 4 is 23.3 Å². The Kier molecular flexibility index (Phi) is 6.73. The molecule has 5 rings (SSSR count). The predicted molar refractivity (Wildman–Crippen MR) is 133 cm³/mol. The number of benzene rings is 1. The molecule has 1 fully saturated rings. The monoisotopic (exact) mass is 490 g/mol. The highest BCUT2D eigenvalue weighted by molar-refractivity contribution is 6.09. The van der Waals surface area contributed by atoms with Crippen LogP contribution in [0.1, 0.15) is 63.6 Å². The van der Waals surface area contributed by atoms with Crippen LogP contribution in [0.4, 0.5) is 5.69 Å². The number of carbonyl (C=O) groups excluding carboxylic acids is 3. The maximum atomic E-state index is 12.8. The van der Waals surface area contributed by atoms with Crippen LogP contribution in [0.25, 0.3) is 11.5 Å². The summed E-state index contributed by atoms with van der Waals surface area (Å²) >= 11 is 0. The summed E-state index contributed by atoms with van der Waals surface area (Å²) in [6.45, 7) is 3.71. The van der Waals surface area contributed by atoms with Crippen molar-refractivity contribution in [1.29, 1.82) is 0 Å². The van der Waals surface area contributed by atoms with E-state index in [4.69, 9.17) is 8.83 Å². The van der Waals surface area contributed by atoms with Gasteiger partial charge in [0, 0.05) is 30.6 Å². The molecule has 1 aliphatic heterocycles. The van der Waals surface area contributed by atoms with Crippen LogP contribution in [0.15, 0.2) is 39.4 Å². The standard InChI is InChI=1S/C27H30N4O5/c1-16-21(13-28-26(34)20-15-35-23-10-4-9-22(32)24(20)23)30-27(36-16)17-6-3-8-19(12-17)29-25(33)18-7-5-11-31(2)14-18/h3,6,8,12,15,18H,4-5,7,9-11,13-14H2,1-2H3,(H,28,34)(H,29,33)/t18-/m0/s1. The molecule has 36 heavy (non-hydrogen) atoms. The van der Waals surface area contributed by atoms with E-state index in [1.165, 1.54) is 6.26 Å². The lowest BCUT2D eigenvalue weighted by atomic mass is 9.94. The van der Waals surface area contributed by atoms with E-state index in [0.717, 1.165) is 37.9 Å². The van der Waals surface area contributed by atoms with Crippen LogP contribution >= 0.6 is 0 Å². The molecule has 3 aromatic rings. The Morgan fingerprint density at radius 3 is 2.92 bits per heavy atom. The number of carbonyl (C=O) groups is 3. The van der Waals surface area contributed by atoms with Crippen LogP contribution in [0, 0.1) is 12.8 Å². The first-order valence-electron chi connectivity index (χ1n) is 12.4. The molecule has 1 aliphatic carbocycles. The van der Waals surface area contributed by atoms with Gasteiger partial charge in [0.05, 0.1) is 23.6 Å². The highest BCUT2D eigenvalue weighted by Gasteiger charge is 2.28. The van der Waals surface area contributed by atoms with Crippen molar-refractivity contribution in [3.8, 4) is 11.5 Å². The topological polar surface area (TPSA) is 118 Å². The van der Waals surface area contributed by atoms with Crippen LogP contribution in [0.2, 0.25) is 0 Å². The number of aryl methyl sites for hydroxylation is 2. The van der Waals surface area contributed by atoms with E-state index in [1.807, 2.05) is 31.3 Å². The lowest BCUT2D eigenvalue weighted by Gasteiger charge is -2.28. The number of hydrogen-bond acceptors (Lipinski definition) is 7. The van der Waals surface area contributed by atoms with Gasteiger partial charge in [0.1, 0.15) is 23.5 Å². The van der Waals surface area contributed by atoms with Crippen LogP contribution in [-0.4, -0.2) is 47.6 Å². The summed E-state index contributed by atoms with van der Waals surface area (Å²) in [6.07, 6.45) is 5.09. The molecule has 2 aromatic heterocycles. The molecule has 9 nitrogen and oxygen atoms in total. The van der Waals surface area contributed by atoms with Crippen molar-refractivity contribution in [1.82, 2.24) is 15.2 Å². The third-order valence-electron chi connectivity index (χ3n) is 6.88. The molecule has 2 N–H and O–H groups in total. The van der Waals surface area contributed by atoms with E-state index >= 15 is 0 Å². The number of piperidine rings is 1. The Morgan fingerprint density at radius 2 is 2.08 bits per heavy atom. The van der Waals surface area contributed by atoms with E-state index in [2.05, 4.69) is 20.5 Å². The number of aromatic nitrogens is 1. The lowest BCUT2D eigenvalue weighted by Crippen LogP contribution is -2.38. The van der Waals surface area contributed by atoms with Crippen LogP contribution in [0.5, 0.6) is 0 Å². The Morgan fingerprint density at radius 1 is 1.22 bits per heavy atom. The normalized spacial score (nSPS) is 18.1. The largest absolute Gasteiger partial charge is 0.468 e. The van der Waals surface area contributed by atoms with Crippen molar-refractivity contribution in [3.05, 3.63) is 58.9 Å². The number of likely N-dealkylation sites (tertiary alicyclic amines) is 1. The van der Waals surface area contributed by atoms with E-state index in [-0.39, 0.29) is 35.6 Å². The molecule has 0 unspecified atom stereocenters. The zero-order chi connectivity index (χ0) is 25.2. The molecule has 188 valence electrons. The highest BCUT2D eigenvalue weighted by Crippen LogP contribution is 2.27. The summed E-state index contributed by atoms with van der Waals surface area (Å²) in [4.78, 5) is 44.5.